The summed E-state index contributed by atoms with van der Waals surface area (Å²) < 4.78 is 28.8. The van der Waals surface area contributed by atoms with Crippen molar-refractivity contribution >= 4 is 24.2 Å². The van der Waals surface area contributed by atoms with Gasteiger partial charge in [-0.3, -0.25) is 9.59 Å². The van der Waals surface area contributed by atoms with Gasteiger partial charge in [0.25, 0.3) is 0 Å². The lowest BCUT2D eigenvalue weighted by atomic mass is 9.88. The molecule has 0 aliphatic rings. The highest BCUT2D eigenvalue weighted by molar-refractivity contribution is 5.81. The third-order valence-electron chi connectivity index (χ3n) is 4.39. The molecule has 0 saturated heterocycles. The molecule has 178 valence electrons. The van der Waals surface area contributed by atoms with Crippen LogP contribution in [0.25, 0.3) is 0 Å². The quantitative estimate of drug-likeness (QED) is 0.298. The molecule has 1 aromatic carbocycles. The predicted molar refractivity (Wildman–Crippen MR) is 110 cm³/mol. The number of rotatable bonds is 11. The van der Waals surface area contributed by atoms with Crippen LogP contribution in [-0.2, 0) is 35.0 Å². The summed E-state index contributed by atoms with van der Waals surface area (Å²) in [7, 11) is 3.42. The molecular weight excluding hydrogens is 426 g/mol. The van der Waals surface area contributed by atoms with Gasteiger partial charge in [-0.1, -0.05) is 19.4 Å². The average Bonchev–Trinajstić information content (AvgIpc) is 2.78. The normalized spacial score (nSPS) is 12.2. The van der Waals surface area contributed by atoms with Crippen LogP contribution in [0.3, 0.4) is 0 Å². The van der Waals surface area contributed by atoms with Gasteiger partial charge >= 0.3 is 24.2 Å². The first-order chi connectivity index (χ1) is 15.2. The molecule has 0 fully saturated rings. The summed E-state index contributed by atoms with van der Waals surface area (Å²) >= 11 is 0. The van der Waals surface area contributed by atoms with Crippen molar-refractivity contribution < 1.29 is 47.6 Å². The number of benzene rings is 1. The number of carbonyl (C=O) groups is 4. The van der Waals surface area contributed by atoms with Gasteiger partial charge in [0.2, 0.25) is 0 Å². The topological polar surface area (TPSA) is 150 Å². The van der Waals surface area contributed by atoms with Crippen LogP contribution in [0.5, 0.6) is 11.5 Å². The van der Waals surface area contributed by atoms with Gasteiger partial charge in [-0.2, -0.15) is 0 Å². The molecule has 0 heterocycles. The summed E-state index contributed by atoms with van der Waals surface area (Å²) in [5.74, 6) is -1.36. The van der Waals surface area contributed by atoms with Gasteiger partial charge in [0.15, 0.2) is 11.5 Å². The Morgan fingerprint density at radius 3 is 2.12 bits per heavy atom. The SMILES string of the molecule is CCCCC(=O)OCC[C@@](N)(Cc1ccc(OC(=O)OC)c(OC(=O)OC)c1)C(=O)OC. The lowest BCUT2D eigenvalue weighted by Gasteiger charge is -2.26. The van der Waals surface area contributed by atoms with Crippen molar-refractivity contribution in [2.45, 2.75) is 44.6 Å². The summed E-state index contributed by atoms with van der Waals surface area (Å²) in [4.78, 5) is 47.1. The van der Waals surface area contributed by atoms with E-state index in [1.165, 1.54) is 25.3 Å². The van der Waals surface area contributed by atoms with Crippen molar-refractivity contribution in [3.63, 3.8) is 0 Å². The fourth-order valence-corrected chi connectivity index (χ4v) is 2.66. The first-order valence-corrected chi connectivity index (χ1v) is 9.86. The van der Waals surface area contributed by atoms with E-state index in [-0.39, 0.29) is 43.3 Å². The van der Waals surface area contributed by atoms with Gasteiger partial charge in [0.05, 0.1) is 27.9 Å². The minimum atomic E-state index is -1.53. The molecule has 0 unspecified atom stereocenters. The zero-order chi connectivity index (χ0) is 24.1. The molecule has 11 nitrogen and oxygen atoms in total. The largest absolute Gasteiger partial charge is 0.513 e. The van der Waals surface area contributed by atoms with Crippen molar-refractivity contribution in [1.82, 2.24) is 0 Å². The van der Waals surface area contributed by atoms with Crippen molar-refractivity contribution in [1.29, 1.82) is 0 Å². The Kier molecular flexibility index (Phi) is 11.0. The molecule has 0 amide bonds. The van der Waals surface area contributed by atoms with Crippen molar-refractivity contribution in [3.05, 3.63) is 23.8 Å². The summed E-state index contributed by atoms with van der Waals surface area (Å²) in [5, 5.41) is 0. The van der Waals surface area contributed by atoms with E-state index in [2.05, 4.69) is 9.47 Å². The molecule has 11 heteroatoms. The molecule has 0 aromatic heterocycles. The van der Waals surface area contributed by atoms with Crippen molar-refractivity contribution in [2.24, 2.45) is 5.73 Å². The Hall–Kier alpha value is -3.34. The number of hydrogen-bond acceptors (Lipinski definition) is 11. The number of nitrogens with two attached hydrogens (primary N) is 1. The molecule has 0 spiro atoms. The number of ether oxygens (including phenoxy) is 6. The van der Waals surface area contributed by atoms with E-state index in [0.29, 0.717) is 12.0 Å². The fraction of sp³-hybridized carbons (Fsp3) is 0.524. The van der Waals surface area contributed by atoms with Crippen LogP contribution in [0.15, 0.2) is 18.2 Å². The molecule has 1 atom stereocenters. The molecular formula is C21H29NO10. The second-order valence-electron chi connectivity index (χ2n) is 6.79. The monoisotopic (exact) mass is 455 g/mol. The van der Waals surface area contributed by atoms with Gasteiger partial charge < -0.3 is 34.2 Å². The maximum absolute atomic E-state index is 12.4. The fourth-order valence-electron chi connectivity index (χ4n) is 2.66. The van der Waals surface area contributed by atoms with Crippen molar-refractivity contribution in [3.8, 4) is 11.5 Å². The van der Waals surface area contributed by atoms with Gasteiger partial charge in [-0.15, -0.1) is 0 Å². The van der Waals surface area contributed by atoms with Crippen LogP contribution in [0.4, 0.5) is 9.59 Å². The van der Waals surface area contributed by atoms with Crippen LogP contribution < -0.4 is 15.2 Å². The maximum atomic E-state index is 12.4. The number of unbranched alkanes of at least 4 members (excludes halogenated alkanes) is 1. The number of hydrogen-bond donors (Lipinski definition) is 1. The highest BCUT2D eigenvalue weighted by Crippen LogP contribution is 2.31. The molecule has 1 rings (SSSR count). The number of carbonyl (C=O) groups excluding carboxylic acids is 4. The van der Waals surface area contributed by atoms with E-state index in [1.54, 1.807) is 0 Å². The third-order valence-corrected chi connectivity index (χ3v) is 4.39. The van der Waals surface area contributed by atoms with E-state index >= 15 is 0 Å². The lowest BCUT2D eigenvalue weighted by molar-refractivity contribution is -0.151. The summed E-state index contributed by atoms with van der Waals surface area (Å²) in [5.41, 5.74) is 5.20. The van der Waals surface area contributed by atoms with Crippen LogP contribution in [0.1, 0.15) is 38.2 Å². The third kappa shape index (κ3) is 8.42. The van der Waals surface area contributed by atoms with Gasteiger partial charge in [-0.25, -0.2) is 9.59 Å². The first-order valence-electron chi connectivity index (χ1n) is 9.86. The summed E-state index contributed by atoms with van der Waals surface area (Å²) in [6, 6.07) is 4.21. The Labute approximate surface area is 186 Å². The van der Waals surface area contributed by atoms with Gasteiger partial charge in [0, 0.05) is 19.3 Å². The molecule has 0 saturated carbocycles. The summed E-state index contributed by atoms with van der Waals surface area (Å²) in [6.45, 7) is 1.87. The highest BCUT2D eigenvalue weighted by Gasteiger charge is 2.36. The standard InChI is InChI=1S/C21H29NO10/c1-5-6-7-17(23)30-11-10-21(22,18(24)27-2)13-14-8-9-15(31-19(25)28-3)16(12-14)32-20(26)29-4/h8-9,12H,5-7,10-11,13,22H2,1-4H3/t21-/m1/s1. The molecule has 2 N–H and O–H groups in total. The Morgan fingerprint density at radius 1 is 0.938 bits per heavy atom. The molecule has 0 bridgehead atoms. The van der Waals surface area contributed by atoms with E-state index in [9.17, 15) is 19.2 Å². The van der Waals surface area contributed by atoms with Crippen LogP contribution in [-0.4, -0.2) is 57.7 Å². The molecule has 0 aliphatic carbocycles. The maximum Gasteiger partial charge on any atom is 0.513 e. The molecule has 1 aromatic rings. The first kappa shape index (κ1) is 26.7. The smallest absolute Gasteiger partial charge is 0.468 e. The zero-order valence-electron chi connectivity index (χ0n) is 18.6. The highest BCUT2D eigenvalue weighted by atomic mass is 16.7. The van der Waals surface area contributed by atoms with E-state index in [0.717, 1.165) is 20.6 Å². The van der Waals surface area contributed by atoms with Crippen LogP contribution in [0, 0.1) is 0 Å². The predicted octanol–water partition coefficient (Wildman–Crippen LogP) is 2.51. The zero-order valence-corrected chi connectivity index (χ0v) is 18.6. The van der Waals surface area contributed by atoms with Gasteiger partial charge in [-0.05, 0) is 24.1 Å². The Morgan fingerprint density at radius 2 is 1.56 bits per heavy atom. The Bertz CT molecular complexity index is 810. The van der Waals surface area contributed by atoms with E-state index < -0.39 is 23.8 Å². The van der Waals surface area contributed by atoms with Crippen LogP contribution >= 0.6 is 0 Å². The Balaban J connectivity index is 3.05. The van der Waals surface area contributed by atoms with E-state index in [1.807, 2.05) is 6.92 Å². The number of methoxy groups -OCH3 is 3. The van der Waals surface area contributed by atoms with Crippen molar-refractivity contribution in [2.75, 3.05) is 27.9 Å². The van der Waals surface area contributed by atoms with E-state index in [4.69, 9.17) is 24.7 Å². The molecule has 0 aliphatic heterocycles. The minimum absolute atomic E-state index is 0.00879. The second kappa shape index (κ2) is 13.2. The van der Waals surface area contributed by atoms with Crippen LogP contribution in [0.2, 0.25) is 0 Å². The summed E-state index contributed by atoms with van der Waals surface area (Å²) in [6.07, 6.45) is -0.311. The van der Waals surface area contributed by atoms with Gasteiger partial charge in [0.1, 0.15) is 5.54 Å². The second-order valence-corrected chi connectivity index (χ2v) is 6.79. The number of esters is 2. The average molecular weight is 455 g/mol. The minimum Gasteiger partial charge on any atom is -0.468 e. The molecule has 32 heavy (non-hydrogen) atoms. The lowest BCUT2D eigenvalue weighted by Crippen LogP contribution is -2.51. The molecule has 0 radical (unpaired) electrons.